The van der Waals surface area contributed by atoms with Crippen molar-refractivity contribution in [1.29, 1.82) is 0 Å². The first kappa shape index (κ1) is 16.6. The van der Waals surface area contributed by atoms with Crippen LogP contribution in [0.3, 0.4) is 0 Å². The summed E-state index contributed by atoms with van der Waals surface area (Å²) < 4.78 is 0. The Labute approximate surface area is 121 Å². The summed E-state index contributed by atoms with van der Waals surface area (Å²) in [4.78, 5) is 31.6. The van der Waals surface area contributed by atoms with Gasteiger partial charge in [-0.25, -0.2) is 10.8 Å². The van der Waals surface area contributed by atoms with Crippen molar-refractivity contribution in [3.05, 3.63) is 15.8 Å². The van der Waals surface area contributed by atoms with Gasteiger partial charge < -0.3 is 10.2 Å². The second-order valence-corrected chi connectivity index (χ2v) is 4.60. The number of hydrogen-bond acceptors (Lipinski definition) is 8. The molecule has 1 unspecified atom stereocenters. The van der Waals surface area contributed by atoms with Gasteiger partial charge in [-0.3, -0.25) is 20.3 Å². The van der Waals surface area contributed by atoms with Gasteiger partial charge in [0.2, 0.25) is 17.7 Å². The molecule has 0 aromatic carbocycles. The first-order valence-electron chi connectivity index (χ1n) is 6.24. The molecule has 0 spiro atoms. The Kier molecular flexibility index (Phi) is 5.36. The Morgan fingerprint density at radius 2 is 2.14 bits per heavy atom. The molecule has 4 N–H and O–H groups in total. The monoisotopic (exact) mass is 297 g/mol. The molecular formula is C11H19N7O3. The third-order valence-corrected chi connectivity index (χ3v) is 2.95. The molecule has 1 aromatic rings. The first-order valence-corrected chi connectivity index (χ1v) is 6.24. The smallest absolute Gasteiger partial charge is 0.332 e. The number of amides is 1. The Morgan fingerprint density at radius 3 is 2.62 bits per heavy atom. The minimum atomic E-state index is -0.550. The predicted octanol–water partition coefficient (Wildman–Crippen LogP) is -0.203. The van der Waals surface area contributed by atoms with E-state index >= 15 is 0 Å². The molecule has 1 amide bonds. The number of hydrazine groups is 1. The molecule has 1 rings (SSSR count). The molecule has 0 saturated heterocycles. The van der Waals surface area contributed by atoms with Crippen molar-refractivity contribution in [2.75, 3.05) is 31.0 Å². The van der Waals surface area contributed by atoms with E-state index in [1.807, 2.05) is 0 Å². The summed E-state index contributed by atoms with van der Waals surface area (Å²) in [6.07, 6.45) is 0. The van der Waals surface area contributed by atoms with Gasteiger partial charge in [-0.2, -0.15) is 4.98 Å². The van der Waals surface area contributed by atoms with Crippen molar-refractivity contribution >= 4 is 23.4 Å². The second-order valence-electron chi connectivity index (χ2n) is 4.60. The summed E-state index contributed by atoms with van der Waals surface area (Å²) in [5, 5.41) is 13.7. The molecule has 0 fully saturated rings. The summed E-state index contributed by atoms with van der Waals surface area (Å²) >= 11 is 0. The van der Waals surface area contributed by atoms with Gasteiger partial charge >= 0.3 is 5.69 Å². The van der Waals surface area contributed by atoms with Gasteiger partial charge in [0.05, 0.1) is 10.8 Å². The number of anilines is 2. The topological polar surface area (TPSA) is 139 Å². The number of nitro groups is 1. The SMILES string of the molecule is CNC(=O)C(C)CN(C)c1nc(NN)nc(C)c1[N+](=O)[O-]. The van der Waals surface area contributed by atoms with Crippen LogP contribution < -0.4 is 21.5 Å². The fourth-order valence-electron chi connectivity index (χ4n) is 1.92. The quantitative estimate of drug-likeness (QED) is 0.372. The highest BCUT2D eigenvalue weighted by Crippen LogP contribution is 2.29. The van der Waals surface area contributed by atoms with Gasteiger partial charge in [0.25, 0.3) is 0 Å². The van der Waals surface area contributed by atoms with E-state index in [1.165, 1.54) is 18.9 Å². The Balaban J connectivity index is 3.17. The van der Waals surface area contributed by atoms with E-state index in [1.54, 1.807) is 14.0 Å². The zero-order valence-corrected chi connectivity index (χ0v) is 12.4. The molecule has 1 heterocycles. The third kappa shape index (κ3) is 3.75. The van der Waals surface area contributed by atoms with Crippen LogP contribution in [0.4, 0.5) is 17.5 Å². The number of carbonyl (C=O) groups is 1. The van der Waals surface area contributed by atoms with Gasteiger partial charge in [-0.15, -0.1) is 0 Å². The summed E-state index contributed by atoms with van der Waals surface area (Å²) in [5.41, 5.74) is 2.25. The van der Waals surface area contributed by atoms with Crippen LogP contribution in [0.15, 0.2) is 0 Å². The molecule has 10 heteroatoms. The number of aryl methyl sites for hydroxylation is 1. The van der Waals surface area contributed by atoms with Gasteiger partial charge in [-0.05, 0) is 6.92 Å². The number of nitrogen functional groups attached to an aromatic ring is 1. The van der Waals surface area contributed by atoms with Crippen LogP contribution in [0.25, 0.3) is 0 Å². The number of nitrogens with two attached hydrogens (primary N) is 1. The van der Waals surface area contributed by atoms with Gasteiger partial charge in [-0.1, -0.05) is 6.92 Å². The normalized spacial score (nSPS) is 11.7. The number of nitrogens with one attached hydrogen (secondary N) is 2. The van der Waals surface area contributed by atoms with Crippen LogP contribution in [-0.4, -0.2) is 41.4 Å². The fourth-order valence-corrected chi connectivity index (χ4v) is 1.92. The van der Waals surface area contributed by atoms with Crippen molar-refractivity contribution in [3.63, 3.8) is 0 Å². The number of aromatic nitrogens is 2. The van der Waals surface area contributed by atoms with E-state index in [0.29, 0.717) is 0 Å². The van der Waals surface area contributed by atoms with E-state index in [9.17, 15) is 14.9 Å². The molecule has 21 heavy (non-hydrogen) atoms. The summed E-state index contributed by atoms with van der Waals surface area (Å²) in [5.74, 6) is 4.92. The predicted molar refractivity (Wildman–Crippen MR) is 77.7 cm³/mol. The lowest BCUT2D eigenvalue weighted by molar-refractivity contribution is -0.385. The molecule has 0 aliphatic carbocycles. The highest BCUT2D eigenvalue weighted by molar-refractivity contribution is 5.78. The molecule has 0 aliphatic rings. The van der Waals surface area contributed by atoms with E-state index in [-0.39, 0.29) is 41.5 Å². The van der Waals surface area contributed by atoms with Crippen molar-refractivity contribution in [1.82, 2.24) is 15.3 Å². The van der Waals surface area contributed by atoms with Crippen LogP contribution in [-0.2, 0) is 4.79 Å². The molecule has 1 atom stereocenters. The maximum atomic E-state index is 11.6. The van der Waals surface area contributed by atoms with E-state index in [0.717, 1.165) is 0 Å². The van der Waals surface area contributed by atoms with Crippen LogP contribution in [0.1, 0.15) is 12.6 Å². The molecule has 1 aromatic heterocycles. The largest absolute Gasteiger partial charge is 0.359 e. The van der Waals surface area contributed by atoms with Crippen LogP contribution in [0, 0.1) is 23.0 Å². The second kappa shape index (κ2) is 6.79. The number of rotatable bonds is 6. The van der Waals surface area contributed by atoms with Gasteiger partial charge in [0.1, 0.15) is 5.69 Å². The Bertz CT molecular complexity index is 549. The van der Waals surface area contributed by atoms with Crippen LogP contribution >= 0.6 is 0 Å². The Morgan fingerprint density at radius 1 is 1.52 bits per heavy atom. The van der Waals surface area contributed by atoms with E-state index in [2.05, 4.69) is 20.7 Å². The molecule has 0 radical (unpaired) electrons. The lowest BCUT2D eigenvalue weighted by Gasteiger charge is -2.22. The van der Waals surface area contributed by atoms with E-state index < -0.39 is 4.92 Å². The zero-order valence-electron chi connectivity index (χ0n) is 12.4. The van der Waals surface area contributed by atoms with Crippen LogP contribution in [0.2, 0.25) is 0 Å². The van der Waals surface area contributed by atoms with Crippen LogP contribution in [0.5, 0.6) is 0 Å². The minimum absolute atomic E-state index is 0.0764. The average molecular weight is 297 g/mol. The van der Waals surface area contributed by atoms with Crippen molar-refractivity contribution < 1.29 is 9.72 Å². The maximum Gasteiger partial charge on any atom is 0.332 e. The van der Waals surface area contributed by atoms with Gasteiger partial charge in [0.15, 0.2) is 0 Å². The van der Waals surface area contributed by atoms with Gasteiger partial charge in [0, 0.05) is 20.6 Å². The number of hydrogen-bond donors (Lipinski definition) is 3. The first-order chi connectivity index (χ1) is 9.81. The highest BCUT2D eigenvalue weighted by Gasteiger charge is 2.26. The van der Waals surface area contributed by atoms with Crippen molar-refractivity contribution in [2.45, 2.75) is 13.8 Å². The highest BCUT2D eigenvalue weighted by atomic mass is 16.6. The standard InChI is InChI=1S/C11H19N7O3/c1-6(10(19)13-3)5-17(4)9-8(18(20)21)7(2)14-11(15-9)16-12/h6H,5,12H2,1-4H3,(H,13,19)(H,14,15,16). The average Bonchev–Trinajstić information content (AvgIpc) is 2.44. The molecule has 10 nitrogen and oxygen atoms in total. The van der Waals surface area contributed by atoms with Crippen molar-refractivity contribution in [2.24, 2.45) is 11.8 Å². The Hall–Kier alpha value is -2.49. The third-order valence-electron chi connectivity index (χ3n) is 2.95. The fraction of sp³-hybridized carbons (Fsp3) is 0.545. The summed E-state index contributed by atoms with van der Waals surface area (Å²) in [7, 11) is 3.15. The lowest BCUT2D eigenvalue weighted by Crippen LogP contribution is -2.35. The molecular weight excluding hydrogens is 278 g/mol. The van der Waals surface area contributed by atoms with Crippen molar-refractivity contribution in [3.8, 4) is 0 Å². The molecule has 0 aliphatic heterocycles. The number of nitrogens with zero attached hydrogens (tertiary/aromatic N) is 4. The molecule has 0 saturated carbocycles. The van der Waals surface area contributed by atoms with E-state index in [4.69, 9.17) is 5.84 Å². The summed E-state index contributed by atoms with van der Waals surface area (Å²) in [6.45, 7) is 3.48. The molecule has 0 bridgehead atoms. The zero-order chi connectivity index (χ0) is 16.2. The minimum Gasteiger partial charge on any atom is -0.359 e. The molecule has 116 valence electrons. The summed E-state index contributed by atoms with van der Waals surface area (Å²) in [6, 6.07) is 0. The lowest BCUT2D eigenvalue weighted by atomic mass is 10.1. The number of carbonyl (C=O) groups excluding carboxylic acids is 1. The maximum absolute atomic E-state index is 11.6.